The first-order chi connectivity index (χ1) is 17.4. The molecule has 1 aromatic heterocycles. The van der Waals surface area contributed by atoms with E-state index in [1.54, 1.807) is 12.1 Å². The number of hydrogen-bond acceptors (Lipinski definition) is 7. The Morgan fingerprint density at radius 2 is 1.44 bits per heavy atom. The van der Waals surface area contributed by atoms with Gasteiger partial charge >= 0.3 is 10.6 Å². The van der Waals surface area contributed by atoms with Gasteiger partial charge in [0.25, 0.3) is 0 Å². The Bertz CT molecular complexity index is 1210. The first kappa shape index (κ1) is 25.4. The standard InChI is InChI=1S/C25H24ClN3O6S/c26-21-5-1-19(2-6-21)20-3-7-23(8-4-20)35-18-17-34-16-15-28-13-14-29(22-9-11-27-12-10-22)36(28,24(30)31)25(32)33/h1-14H,15-18H2,(H,30,31)(H,32,33). The van der Waals surface area contributed by atoms with Gasteiger partial charge in [0, 0.05) is 29.8 Å². The first-order valence-electron chi connectivity index (χ1n) is 10.9. The maximum Gasteiger partial charge on any atom is 0.393 e. The molecule has 0 bridgehead atoms. The number of carbonyl (C=O) groups is 2. The lowest BCUT2D eigenvalue weighted by Gasteiger charge is -2.42. The number of aromatic nitrogens is 1. The highest BCUT2D eigenvalue weighted by Gasteiger charge is 2.53. The lowest BCUT2D eigenvalue weighted by Crippen LogP contribution is -2.40. The fourth-order valence-electron chi connectivity index (χ4n) is 3.66. The Hall–Kier alpha value is -3.73. The van der Waals surface area contributed by atoms with Crippen LogP contribution in [0.3, 0.4) is 0 Å². The van der Waals surface area contributed by atoms with Gasteiger partial charge in [-0.2, -0.15) is 0 Å². The van der Waals surface area contributed by atoms with Crippen LogP contribution in [0.1, 0.15) is 0 Å². The van der Waals surface area contributed by atoms with Gasteiger partial charge in [-0.05, 0) is 47.5 Å². The summed E-state index contributed by atoms with van der Waals surface area (Å²) in [6.07, 6.45) is 5.89. The molecule has 2 aromatic carbocycles. The van der Waals surface area contributed by atoms with Crippen LogP contribution in [0.4, 0.5) is 15.3 Å². The molecule has 188 valence electrons. The number of nitrogens with zero attached hydrogens (tertiary/aromatic N) is 3. The number of benzene rings is 2. The topological polar surface area (TPSA) is 112 Å². The molecule has 0 atom stereocenters. The molecule has 0 radical (unpaired) electrons. The number of ether oxygens (including phenoxy) is 2. The van der Waals surface area contributed by atoms with E-state index < -0.39 is 21.0 Å². The summed E-state index contributed by atoms with van der Waals surface area (Å²) in [5, 5.41) is 17.7. The third kappa shape index (κ3) is 5.25. The molecule has 4 rings (SSSR count). The largest absolute Gasteiger partial charge is 0.491 e. The molecule has 0 saturated carbocycles. The molecule has 0 spiro atoms. The van der Waals surface area contributed by atoms with Crippen LogP contribution >= 0.6 is 22.0 Å². The zero-order valence-corrected chi connectivity index (χ0v) is 20.6. The third-order valence-electron chi connectivity index (χ3n) is 5.38. The average molecular weight is 530 g/mol. The van der Waals surface area contributed by atoms with Gasteiger partial charge in [-0.3, -0.25) is 9.29 Å². The van der Waals surface area contributed by atoms with Crippen LogP contribution < -0.4 is 9.04 Å². The van der Waals surface area contributed by atoms with E-state index in [0.29, 0.717) is 16.5 Å². The Labute approximate surface area is 214 Å². The Morgan fingerprint density at radius 3 is 2.06 bits per heavy atom. The van der Waals surface area contributed by atoms with Crippen molar-refractivity contribution < 1.29 is 29.3 Å². The summed E-state index contributed by atoms with van der Waals surface area (Å²) in [4.78, 5) is 28.4. The highest BCUT2D eigenvalue weighted by Crippen LogP contribution is 2.61. The number of hydrogen-bond donors (Lipinski definition) is 2. The highest BCUT2D eigenvalue weighted by molar-refractivity contribution is 8.54. The second kappa shape index (κ2) is 11.3. The van der Waals surface area contributed by atoms with Crippen molar-refractivity contribution in [2.45, 2.75) is 0 Å². The van der Waals surface area contributed by atoms with Gasteiger partial charge in [0.2, 0.25) is 0 Å². The quantitative estimate of drug-likeness (QED) is 0.318. The summed E-state index contributed by atoms with van der Waals surface area (Å²) in [6, 6.07) is 18.3. The first-order valence-corrected chi connectivity index (χ1v) is 12.9. The molecule has 0 unspecified atom stereocenters. The maximum atomic E-state index is 12.2. The SMILES string of the molecule is O=C(O)S1(C(=O)O)N(CCOCCOc2ccc(-c3ccc(Cl)cc3)cc2)C=CN1c1ccncc1. The predicted octanol–water partition coefficient (Wildman–Crippen LogP) is 6.08. The Kier molecular flexibility index (Phi) is 7.99. The van der Waals surface area contributed by atoms with E-state index in [4.69, 9.17) is 21.1 Å². The van der Waals surface area contributed by atoms with Crippen LogP contribution in [0.5, 0.6) is 5.75 Å². The van der Waals surface area contributed by atoms with Gasteiger partial charge in [0.05, 0.1) is 25.4 Å². The smallest absolute Gasteiger partial charge is 0.393 e. The number of rotatable bonds is 9. The monoisotopic (exact) mass is 529 g/mol. The van der Waals surface area contributed by atoms with Crippen LogP contribution in [-0.4, -0.2) is 56.5 Å². The van der Waals surface area contributed by atoms with Crippen LogP contribution in [0.2, 0.25) is 5.02 Å². The molecule has 0 saturated heterocycles. The summed E-state index contributed by atoms with van der Waals surface area (Å²) in [6.45, 7) is 0.757. The van der Waals surface area contributed by atoms with E-state index in [1.165, 1.54) is 33.4 Å². The molecule has 0 amide bonds. The summed E-state index contributed by atoms with van der Waals surface area (Å²) in [7, 11) is -3.45. The molecule has 1 aliphatic heterocycles. The van der Waals surface area contributed by atoms with Crippen molar-refractivity contribution >= 4 is 38.3 Å². The number of pyridine rings is 1. The van der Waals surface area contributed by atoms with E-state index in [2.05, 4.69) is 4.98 Å². The minimum Gasteiger partial charge on any atom is -0.491 e. The maximum absolute atomic E-state index is 12.2. The van der Waals surface area contributed by atoms with E-state index in [1.807, 2.05) is 48.5 Å². The second-order valence-electron chi connectivity index (χ2n) is 7.54. The fraction of sp³-hybridized carbons (Fsp3) is 0.160. The molecule has 3 aromatic rings. The van der Waals surface area contributed by atoms with Crippen molar-refractivity contribution in [2.24, 2.45) is 0 Å². The zero-order chi connectivity index (χ0) is 25.5. The molecular weight excluding hydrogens is 506 g/mol. The van der Waals surface area contributed by atoms with Gasteiger partial charge in [0.1, 0.15) is 22.8 Å². The van der Waals surface area contributed by atoms with Crippen LogP contribution in [0.25, 0.3) is 11.1 Å². The highest BCUT2D eigenvalue weighted by atomic mass is 35.5. The zero-order valence-electron chi connectivity index (χ0n) is 19.1. The molecular formula is C25H24ClN3O6S. The van der Waals surface area contributed by atoms with Crippen molar-refractivity contribution in [3.05, 3.63) is 90.5 Å². The van der Waals surface area contributed by atoms with Crippen molar-refractivity contribution in [1.29, 1.82) is 0 Å². The number of anilines is 1. The van der Waals surface area contributed by atoms with Gasteiger partial charge in [0.15, 0.2) is 0 Å². The van der Waals surface area contributed by atoms with Crippen molar-refractivity contribution in [3.63, 3.8) is 0 Å². The van der Waals surface area contributed by atoms with Gasteiger partial charge in [-0.1, -0.05) is 35.9 Å². The van der Waals surface area contributed by atoms with Crippen LogP contribution in [0, 0.1) is 0 Å². The molecule has 2 heterocycles. The van der Waals surface area contributed by atoms with Crippen molar-refractivity contribution in [3.8, 4) is 16.9 Å². The molecule has 0 aliphatic carbocycles. The molecule has 0 fully saturated rings. The van der Waals surface area contributed by atoms with E-state index in [0.717, 1.165) is 11.1 Å². The fourth-order valence-corrected chi connectivity index (χ4v) is 6.13. The van der Waals surface area contributed by atoms with Crippen LogP contribution in [0.15, 0.2) is 85.5 Å². The summed E-state index contributed by atoms with van der Waals surface area (Å²) < 4.78 is 13.9. The lowest BCUT2D eigenvalue weighted by molar-refractivity contribution is 0.0971. The van der Waals surface area contributed by atoms with Gasteiger partial charge in [-0.15, -0.1) is 0 Å². The van der Waals surface area contributed by atoms with Crippen LogP contribution in [-0.2, 0) is 4.74 Å². The van der Waals surface area contributed by atoms with E-state index in [9.17, 15) is 19.8 Å². The average Bonchev–Trinajstić information content (AvgIpc) is 3.28. The Balaban J connectivity index is 1.28. The third-order valence-corrected chi connectivity index (χ3v) is 8.49. The van der Waals surface area contributed by atoms with E-state index >= 15 is 0 Å². The molecule has 2 N–H and O–H groups in total. The molecule has 11 heteroatoms. The predicted molar refractivity (Wildman–Crippen MR) is 139 cm³/mol. The normalized spacial score (nSPS) is 15.0. The molecule has 9 nitrogen and oxygen atoms in total. The summed E-state index contributed by atoms with van der Waals surface area (Å²) in [5.74, 6) is 0.687. The van der Waals surface area contributed by atoms with Gasteiger partial charge in [-0.25, -0.2) is 9.59 Å². The summed E-state index contributed by atoms with van der Waals surface area (Å²) in [5.41, 5.74) is 2.52. The Morgan fingerprint density at radius 1 is 0.833 bits per heavy atom. The number of carboxylic acid groups (broad SMARTS) is 2. The van der Waals surface area contributed by atoms with E-state index in [-0.39, 0.29) is 26.4 Å². The minimum absolute atomic E-state index is 0.0851. The second-order valence-corrected chi connectivity index (χ2v) is 10.6. The van der Waals surface area contributed by atoms with Crippen molar-refractivity contribution in [2.75, 3.05) is 30.7 Å². The molecule has 36 heavy (non-hydrogen) atoms. The molecule has 1 aliphatic rings. The number of halogens is 1. The minimum atomic E-state index is -3.45. The van der Waals surface area contributed by atoms with Gasteiger partial charge < -0.3 is 24.0 Å². The lowest BCUT2D eigenvalue weighted by atomic mass is 10.1. The summed E-state index contributed by atoms with van der Waals surface area (Å²) >= 11 is 5.94. The van der Waals surface area contributed by atoms with Crippen molar-refractivity contribution in [1.82, 2.24) is 9.29 Å².